The van der Waals surface area contributed by atoms with Gasteiger partial charge in [0.2, 0.25) is 0 Å². The second-order valence-electron chi connectivity index (χ2n) is 5.56. The summed E-state index contributed by atoms with van der Waals surface area (Å²) >= 11 is 0. The van der Waals surface area contributed by atoms with E-state index in [0.29, 0.717) is 17.5 Å². The highest BCUT2D eigenvalue weighted by Crippen LogP contribution is 2.33. The highest BCUT2D eigenvalue weighted by molar-refractivity contribution is 5.55. The summed E-state index contributed by atoms with van der Waals surface area (Å²) in [4.78, 5) is 2.30. The molecule has 2 rings (SSSR count). The lowest BCUT2D eigenvalue weighted by atomic mass is 9.93. The number of anilines is 1. The second-order valence-corrected chi connectivity index (χ2v) is 5.56. The van der Waals surface area contributed by atoms with Crippen molar-refractivity contribution in [2.24, 2.45) is 5.92 Å². The van der Waals surface area contributed by atoms with E-state index in [1.807, 2.05) is 0 Å². The maximum Gasteiger partial charge on any atom is 0.123 e. The van der Waals surface area contributed by atoms with Gasteiger partial charge in [-0.15, -0.1) is 0 Å². The summed E-state index contributed by atoms with van der Waals surface area (Å²) in [6.07, 6.45) is 1.75. The Hall–Kier alpha value is -1.09. The summed E-state index contributed by atoms with van der Waals surface area (Å²) < 4.78 is 13.3. The molecule has 0 amide bonds. The standard InChI is InChI=1S/C15H22FNO/c1-10-4-5-11(2)17(9-10)15-7-6-13(16)8-14(15)12(3)18/h6-8,10-12,18H,4-5,9H2,1-3H3/t10?,11?,12-/m0/s1. The Balaban J connectivity index is 2.36. The van der Waals surface area contributed by atoms with Gasteiger partial charge in [0.1, 0.15) is 5.82 Å². The fourth-order valence-corrected chi connectivity index (χ4v) is 2.75. The maximum atomic E-state index is 13.3. The molecule has 3 heteroatoms. The third-order valence-electron chi connectivity index (χ3n) is 3.87. The SMILES string of the molecule is CC1CCC(C)N(c2ccc(F)cc2[C@H](C)O)C1. The number of aliphatic hydroxyl groups excluding tert-OH is 1. The Morgan fingerprint density at radius 1 is 1.33 bits per heavy atom. The fourth-order valence-electron chi connectivity index (χ4n) is 2.75. The molecule has 2 nitrogen and oxygen atoms in total. The topological polar surface area (TPSA) is 23.5 Å². The van der Waals surface area contributed by atoms with E-state index >= 15 is 0 Å². The number of hydrogen-bond donors (Lipinski definition) is 1. The molecule has 0 aromatic heterocycles. The molecule has 0 saturated carbocycles. The van der Waals surface area contributed by atoms with Crippen LogP contribution in [0.25, 0.3) is 0 Å². The minimum Gasteiger partial charge on any atom is -0.389 e. The Bertz CT molecular complexity index is 419. The summed E-state index contributed by atoms with van der Waals surface area (Å²) in [5.74, 6) is 0.362. The smallest absolute Gasteiger partial charge is 0.123 e. The van der Waals surface area contributed by atoms with Crippen LogP contribution in [-0.2, 0) is 0 Å². The molecular weight excluding hydrogens is 229 g/mol. The molecule has 1 aliphatic rings. The summed E-state index contributed by atoms with van der Waals surface area (Å²) in [5.41, 5.74) is 1.67. The molecule has 1 aromatic carbocycles. The van der Waals surface area contributed by atoms with Crippen LogP contribution in [0.5, 0.6) is 0 Å². The molecule has 1 aromatic rings. The van der Waals surface area contributed by atoms with Crippen LogP contribution in [0.1, 0.15) is 45.3 Å². The molecule has 0 spiro atoms. The van der Waals surface area contributed by atoms with Crippen molar-refractivity contribution in [2.45, 2.75) is 45.8 Å². The van der Waals surface area contributed by atoms with Crippen molar-refractivity contribution in [3.63, 3.8) is 0 Å². The van der Waals surface area contributed by atoms with E-state index in [1.165, 1.54) is 18.6 Å². The monoisotopic (exact) mass is 251 g/mol. The maximum absolute atomic E-state index is 13.3. The normalized spacial score (nSPS) is 26.2. The summed E-state index contributed by atoms with van der Waals surface area (Å²) in [6.45, 7) is 7.11. The molecule has 2 unspecified atom stereocenters. The molecule has 1 fully saturated rings. The van der Waals surface area contributed by atoms with Gasteiger partial charge in [-0.25, -0.2) is 4.39 Å². The zero-order valence-electron chi connectivity index (χ0n) is 11.4. The minimum atomic E-state index is -0.639. The second kappa shape index (κ2) is 5.27. The summed E-state index contributed by atoms with van der Waals surface area (Å²) in [6, 6.07) is 5.18. The van der Waals surface area contributed by atoms with Gasteiger partial charge in [0.05, 0.1) is 6.10 Å². The zero-order valence-corrected chi connectivity index (χ0v) is 11.4. The number of aliphatic hydroxyl groups is 1. The van der Waals surface area contributed by atoms with Crippen molar-refractivity contribution in [2.75, 3.05) is 11.4 Å². The van der Waals surface area contributed by atoms with Crippen LogP contribution in [0.15, 0.2) is 18.2 Å². The Labute approximate surface area is 108 Å². The van der Waals surface area contributed by atoms with E-state index in [4.69, 9.17) is 0 Å². The number of piperidine rings is 1. The number of hydrogen-bond acceptors (Lipinski definition) is 2. The number of rotatable bonds is 2. The minimum absolute atomic E-state index is 0.285. The quantitative estimate of drug-likeness (QED) is 0.869. The van der Waals surface area contributed by atoms with Crippen molar-refractivity contribution in [3.05, 3.63) is 29.6 Å². The first kappa shape index (κ1) is 13.3. The molecule has 18 heavy (non-hydrogen) atoms. The van der Waals surface area contributed by atoms with Gasteiger partial charge in [0.15, 0.2) is 0 Å². The van der Waals surface area contributed by atoms with Crippen molar-refractivity contribution in [3.8, 4) is 0 Å². The highest BCUT2D eigenvalue weighted by Gasteiger charge is 2.25. The van der Waals surface area contributed by atoms with Crippen LogP contribution < -0.4 is 4.90 Å². The van der Waals surface area contributed by atoms with Crippen molar-refractivity contribution < 1.29 is 9.50 Å². The molecule has 0 radical (unpaired) electrons. The van der Waals surface area contributed by atoms with Gasteiger partial charge < -0.3 is 10.0 Å². The molecule has 3 atom stereocenters. The van der Waals surface area contributed by atoms with E-state index in [2.05, 4.69) is 18.7 Å². The van der Waals surface area contributed by atoms with Crippen LogP contribution >= 0.6 is 0 Å². The number of nitrogens with zero attached hydrogens (tertiary/aromatic N) is 1. The first-order valence-corrected chi connectivity index (χ1v) is 6.73. The van der Waals surface area contributed by atoms with Crippen LogP contribution in [-0.4, -0.2) is 17.7 Å². The Kier molecular flexibility index (Phi) is 3.91. The van der Waals surface area contributed by atoms with Crippen molar-refractivity contribution in [1.82, 2.24) is 0 Å². The first-order valence-electron chi connectivity index (χ1n) is 6.73. The molecule has 1 N–H and O–H groups in total. The van der Waals surface area contributed by atoms with Crippen molar-refractivity contribution >= 4 is 5.69 Å². The zero-order chi connectivity index (χ0) is 13.3. The lowest BCUT2D eigenvalue weighted by Gasteiger charge is -2.40. The van der Waals surface area contributed by atoms with Crippen LogP contribution in [0.2, 0.25) is 0 Å². The van der Waals surface area contributed by atoms with Gasteiger partial charge in [-0.1, -0.05) is 6.92 Å². The predicted molar refractivity (Wildman–Crippen MR) is 72.2 cm³/mol. The highest BCUT2D eigenvalue weighted by atomic mass is 19.1. The Morgan fingerprint density at radius 3 is 2.72 bits per heavy atom. The third-order valence-corrected chi connectivity index (χ3v) is 3.87. The first-order chi connectivity index (χ1) is 8.49. The van der Waals surface area contributed by atoms with E-state index in [9.17, 15) is 9.50 Å². The van der Waals surface area contributed by atoms with E-state index in [1.54, 1.807) is 13.0 Å². The molecule has 1 aliphatic heterocycles. The van der Waals surface area contributed by atoms with Gasteiger partial charge in [-0.3, -0.25) is 0 Å². The van der Waals surface area contributed by atoms with E-state index < -0.39 is 6.10 Å². The number of halogens is 1. The molecule has 100 valence electrons. The summed E-state index contributed by atoms with van der Waals surface area (Å²) in [7, 11) is 0. The summed E-state index contributed by atoms with van der Waals surface area (Å²) in [5, 5.41) is 9.82. The van der Waals surface area contributed by atoms with Crippen molar-refractivity contribution in [1.29, 1.82) is 0 Å². The van der Waals surface area contributed by atoms with Gasteiger partial charge in [-0.05, 0) is 50.8 Å². The predicted octanol–water partition coefficient (Wildman–Crippen LogP) is 3.50. The van der Waals surface area contributed by atoms with E-state index in [0.717, 1.165) is 18.7 Å². The molecule has 1 heterocycles. The largest absolute Gasteiger partial charge is 0.389 e. The van der Waals surface area contributed by atoms with Gasteiger partial charge >= 0.3 is 0 Å². The molecule has 0 aliphatic carbocycles. The fraction of sp³-hybridized carbons (Fsp3) is 0.600. The van der Waals surface area contributed by atoms with Gasteiger partial charge in [0, 0.05) is 23.8 Å². The van der Waals surface area contributed by atoms with Crippen LogP contribution in [0, 0.1) is 11.7 Å². The lowest BCUT2D eigenvalue weighted by Crippen LogP contribution is -2.41. The van der Waals surface area contributed by atoms with Crippen LogP contribution in [0.3, 0.4) is 0 Å². The number of benzene rings is 1. The molecule has 0 bridgehead atoms. The third kappa shape index (κ3) is 2.66. The van der Waals surface area contributed by atoms with Gasteiger partial charge in [0.25, 0.3) is 0 Å². The van der Waals surface area contributed by atoms with E-state index in [-0.39, 0.29) is 5.82 Å². The van der Waals surface area contributed by atoms with Gasteiger partial charge in [-0.2, -0.15) is 0 Å². The lowest BCUT2D eigenvalue weighted by molar-refractivity contribution is 0.198. The molecular formula is C15H22FNO. The average Bonchev–Trinajstić information content (AvgIpc) is 2.32. The Morgan fingerprint density at radius 2 is 2.06 bits per heavy atom. The molecule has 1 saturated heterocycles. The average molecular weight is 251 g/mol. The van der Waals surface area contributed by atoms with Crippen LogP contribution in [0.4, 0.5) is 10.1 Å².